The van der Waals surface area contributed by atoms with E-state index in [9.17, 15) is 5.11 Å². The molecule has 2 aliphatic rings. The Morgan fingerprint density at radius 2 is 1.93 bits per heavy atom. The summed E-state index contributed by atoms with van der Waals surface area (Å²) < 4.78 is 6.09. The molecule has 1 atom stereocenters. The van der Waals surface area contributed by atoms with Crippen molar-refractivity contribution in [3.8, 4) is 5.75 Å². The first-order valence-electron chi connectivity index (χ1n) is 5.75. The number of benzene rings is 1. The Morgan fingerprint density at radius 1 is 1.20 bits per heavy atom. The van der Waals surface area contributed by atoms with Crippen molar-refractivity contribution in [1.82, 2.24) is 0 Å². The Morgan fingerprint density at radius 3 is 2.73 bits per heavy atom. The number of hydrogen-bond donors (Lipinski definition) is 1. The fourth-order valence-electron chi connectivity index (χ4n) is 2.91. The molecule has 2 nitrogen and oxygen atoms in total. The van der Waals surface area contributed by atoms with Crippen LogP contribution in [0.3, 0.4) is 0 Å². The SMILES string of the molecule is OC1CC2(CCCC2)Oc2ccccc21. The first-order valence-corrected chi connectivity index (χ1v) is 5.75. The van der Waals surface area contributed by atoms with Crippen molar-refractivity contribution < 1.29 is 9.84 Å². The van der Waals surface area contributed by atoms with Crippen molar-refractivity contribution in [2.75, 3.05) is 0 Å². The van der Waals surface area contributed by atoms with Gasteiger partial charge in [-0.05, 0) is 31.7 Å². The van der Waals surface area contributed by atoms with Crippen molar-refractivity contribution in [1.29, 1.82) is 0 Å². The summed E-state index contributed by atoms with van der Waals surface area (Å²) in [5, 5.41) is 10.1. The van der Waals surface area contributed by atoms with Crippen LogP contribution in [-0.4, -0.2) is 10.7 Å². The molecular weight excluding hydrogens is 188 g/mol. The molecule has 1 aromatic carbocycles. The molecule has 1 unspecified atom stereocenters. The van der Waals surface area contributed by atoms with E-state index in [0.29, 0.717) is 0 Å². The summed E-state index contributed by atoms with van der Waals surface area (Å²) >= 11 is 0. The Kier molecular flexibility index (Phi) is 1.99. The summed E-state index contributed by atoms with van der Waals surface area (Å²) in [5.74, 6) is 0.887. The number of hydrogen-bond acceptors (Lipinski definition) is 2. The van der Waals surface area contributed by atoms with Gasteiger partial charge in [0.05, 0.1) is 6.10 Å². The zero-order valence-electron chi connectivity index (χ0n) is 8.78. The molecule has 1 heterocycles. The van der Waals surface area contributed by atoms with E-state index in [1.807, 2.05) is 24.3 Å². The molecule has 0 amide bonds. The molecule has 1 spiro atoms. The predicted octanol–water partition coefficient (Wildman–Crippen LogP) is 2.82. The Balaban J connectivity index is 1.98. The fraction of sp³-hybridized carbons (Fsp3) is 0.538. The van der Waals surface area contributed by atoms with Gasteiger partial charge < -0.3 is 9.84 Å². The van der Waals surface area contributed by atoms with Crippen LogP contribution in [0.25, 0.3) is 0 Å². The molecule has 2 heteroatoms. The van der Waals surface area contributed by atoms with E-state index >= 15 is 0 Å². The van der Waals surface area contributed by atoms with Gasteiger partial charge in [0.25, 0.3) is 0 Å². The molecule has 1 fully saturated rings. The molecule has 0 aromatic heterocycles. The van der Waals surface area contributed by atoms with Crippen LogP contribution >= 0.6 is 0 Å². The van der Waals surface area contributed by atoms with Gasteiger partial charge in [0.2, 0.25) is 0 Å². The lowest BCUT2D eigenvalue weighted by molar-refractivity contribution is -0.00936. The van der Waals surface area contributed by atoms with Crippen LogP contribution in [0.5, 0.6) is 5.75 Å². The van der Waals surface area contributed by atoms with Gasteiger partial charge in [-0.3, -0.25) is 0 Å². The Bertz CT molecular complexity index is 367. The van der Waals surface area contributed by atoms with Crippen molar-refractivity contribution in [2.45, 2.75) is 43.8 Å². The summed E-state index contributed by atoms with van der Waals surface area (Å²) in [7, 11) is 0. The molecule has 1 aliphatic carbocycles. The van der Waals surface area contributed by atoms with E-state index in [4.69, 9.17) is 4.74 Å². The smallest absolute Gasteiger partial charge is 0.125 e. The monoisotopic (exact) mass is 204 g/mol. The van der Waals surface area contributed by atoms with Crippen LogP contribution in [0, 0.1) is 0 Å². The van der Waals surface area contributed by atoms with Gasteiger partial charge >= 0.3 is 0 Å². The van der Waals surface area contributed by atoms with E-state index in [1.54, 1.807) is 0 Å². The lowest BCUT2D eigenvalue weighted by Crippen LogP contribution is -2.38. The van der Waals surface area contributed by atoms with Gasteiger partial charge in [-0.1, -0.05) is 18.2 Å². The standard InChI is InChI=1S/C13H16O2/c14-11-9-13(7-3-4-8-13)15-12-6-2-1-5-10(11)12/h1-2,5-6,11,14H,3-4,7-9H2. The summed E-state index contributed by atoms with van der Waals surface area (Å²) in [6, 6.07) is 7.86. The summed E-state index contributed by atoms with van der Waals surface area (Å²) in [6.45, 7) is 0. The number of ether oxygens (including phenoxy) is 1. The second-order valence-corrected chi connectivity index (χ2v) is 4.75. The van der Waals surface area contributed by atoms with Crippen LogP contribution in [0.4, 0.5) is 0 Å². The van der Waals surface area contributed by atoms with E-state index in [1.165, 1.54) is 12.8 Å². The molecule has 0 saturated heterocycles. The average molecular weight is 204 g/mol. The molecule has 15 heavy (non-hydrogen) atoms. The van der Waals surface area contributed by atoms with E-state index in [2.05, 4.69) is 0 Å². The second-order valence-electron chi connectivity index (χ2n) is 4.75. The number of fused-ring (bicyclic) bond motifs is 1. The lowest BCUT2D eigenvalue weighted by Gasteiger charge is -2.38. The minimum atomic E-state index is -0.340. The second kappa shape index (κ2) is 3.24. The number of aliphatic hydroxyl groups is 1. The van der Waals surface area contributed by atoms with Crippen LogP contribution in [0.1, 0.15) is 43.8 Å². The van der Waals surface area contributed by atoms with Crippen molar-refractivity contribution >= 4 is 0 Å². The largest absolute Gasteiger partial charge is 0.487 e. The van der Waals surface area contributed by atoms with E-state index in [-0.39, 0.29) is 11.7 Å². The lowest BCUT2D eigenvalue weighted by atomic mass is 9.88. The van der Waals surface area contributed by atoms with Gasteiger partial charge in [0, 0.05) is 12.0 Å². The van der Waals surface area contributed by atoms with Crippen LogP contribution < -0.4 is 4.74 Å². The van der Waals surface area contributed by atoms with Gasteiger partial charge in [-0.15, -0.1) is 0 Å². The highest BCUT2D eigenvalue weighted by Gasteiger charge is 2.42. The minimum Gasteiger partial charge on any atom is -0.487 e. The van der Waals surface area contributed by atoms with Crippen molar-refractivity contribution in [3.05, 3.63) is 29.8 Å². The van der Waals surface area contributed by atoms with Gasteiger partial charge in [0.15, 0.2) is 0 Å². The topological polar surface area (TPSA) is 29.5 Å². The first kappa shape index (κ1) is 9.22. The quantitative estimate of drug-likeness (QED) is 0.704. The zero-order valence-corrected chi connectivity index (χ0v) is 8.78. The van der Waals surface area contributed by atoms with Crippen molar-refractivity contribution in [2.24, 2.45) is 0 Å². The number of para-hydroxylation sites is 1. The third kappa shape index (κ3) is 1.44. The van der Waals surface area contributed by atoms with Gasteiger partial charge in [-0.25, -0.2) is 0 Å². The number of rotatable bonds is 0. The Hall–Kier alpha value is -1.02. The maximum absolute atomic E-state index is 10.1. The molecule has 1 saturated carbocycles. The fourth-order valence-corrected chi connectivity index (χ4v) is 2.91. The summed E-state index contributed by atoms with van der Waals surface area (Å²) in [6.07, 6.45) is 5.08. The maximum atomic E-state index is 10.1. The van der Waals surface area contributed by atoms with Gasteiger partial charge in [0.1, 0.15) is 11.4 Å². The Labute approximate surface area is 89.9 Å². The normalized spacial score (nSPS) is 27.4. The number of aliphatic hydroxyl groups excluding tert-OH is 1. The minimum absolute atomic E-state index is 0.0617. The third-order valence-corrected chi connectivity index (χ3v) is 3.68. The molecule has 1 aliphatic heterocycles. The predicted molar refractivity (Wildman–Crippen MR) is 57.8 cm³/mol. The van der Waals surface area contributed by atoms with Crippen LogP contribution in [0.15, 0.2) is 24.3 Å². The first-order chi connectivity index (χ1) is 7.29. The highest BCUT2D eigenvalue weighted by atomic mass is 16.5. The molecule has 0 radical (unpaired) electrons. The highest BCUT2D eigenvalue weighted by molar-refractivity contribution is 5.38. The maximum Gasteiger partial charge on any atom is 0.125 e. The van der Waals surface area contributed by atoms with Gasteiger partial charge in [-0.2, -0.15) is 0 Å². The molecule has 0 bridgehead atoms. The van der Waals surface area contributed by atoms with Crippen molar-refractivity contribution in [3.63, 3.8) is 0 Å². The molecule has 1 aromatic rings. The molecular formula is C13H16O2. The highest BCUT2D eigenvalue weighted by Crippen LogP contribution is 2.46. The summed E-state index contributed by atoms with van der Waals surface area (Å²) in [4.78, 5) is 0. The third-order valence-electron chi connectivity index (χ3n) is 3.68. The molecule has 80 valence electrons. The zero-order chi connectivity index (χ0) is 10.3. The average Bonchev–Trinajstić information content (AvgIpc) is 2.66. The van der Waals surface area contributed by atoms with E-state index in [0.717, 1.165) is 30.6 Å². The van der Waals surface area contributed by atoms with E-state index < -0.39 is 0 Å². The van der Waals surface area contributed by atoms with Crippen LogP contribution in [0.2, 0.25) is 0 Å². The molecule has 1 N–H and O–H groups in total. The molecule has 3 rings (SSSR count). The summed E-state index contributed by atoms with van der Waals surface area (Å²) in [5.41, 5.74) is 0.892. The van der Waals surface area contributed by atoms with Crippen LogP contribution in [-0.2, 0) is 0 Å².